The number of carboxylic acid groups (broad SMARTS) is 1. The second kappa shape index (κ2) is 6.47. The van der Waals surface area contributed by atoms with Crippen LogP contribution in [0.15, 0.2) is 18.2 Å². The zero-order chi connectivity index (χ0) is 15.4. The lowest BCUT2D eigenvalue weighted by molar-refractivity contribution is -0.142. The molecular weight excluding hydrogens is 274 g/mol. The van der Waals surface area contributed by atoms with Crippen LogP contribution in [0, 0.1) is 5.92 Å². The number of aromatic hydroxyl groups is 2. The number of aliphatic carboxylic acids is 1. The van der Waals surface area contributed by atoms with E-state index >= 15 is 0 Å². The number of hydrogen-bond donors (Lipinski definition) is 4. The van der Waals surface area contributed by atoms with E-state index in [4.69, 9.17) is 0 Å². The molecule has 0 radical (unpaired) electrons. The van der Waals surface area contributed by atoms with Crippen molar-refractivity contribution in [3.05, 3.63) is 23.8 Å². The number of carboxylic acids is 1. The normalized spacial score (nSPS) is 16.6. The second-order valence-electron chi connectivity index (χ2n) is 5.41. The Bertz CT molecular complexity index is 537. The molecule has 0 spiro atoms. The van der Waals surface area contributed by atoms with Gasteiger partial charge in [0.05, 0.1) is 0 Å². The number of amides is 1. The van der Waals surface area contributed by atoms with Gasteiger partial charge < -0.3 is 20.6 Å². The number of carbonyl (C=O) groups is 2. The summed E-state index contributed by atoms with van der Waals surface area (Å²) < 4.78 is 0. The van der Waals surface area contributed by atoms with E-state index in [1.807, 2.05) is 0 Å². The third-order valence-electron chi connectivity index (χ3n) is 3.82. The number of phenols is 2. The van der Waals surface area contributed by atoms with Gasteiger partial charge in [-0.1, -0.05) is 18.9 Å². The summed E-state index contributed by atoms with van der Waals surface area (Å²) in [5.74, 6) is -2.00. The molecule has 1 aliphatic carbocycles. The first-order valence-corrected chi connectivity index (χ1v) is 7.01. The summed E-state index contributed by atoms with van der Waals surface area (Å²) in [5.41, 5.74) is 0.532. The van der Waals surface area contributed by atoms with E-state index in [0.29, 0.717) is 5.56 Å². The molecule has 1 aromatic rings. The van der Waals surface area contributed by atoms with E-state index in [0.717, 1.165) is 25.7 Å². The Morgan fingerprint density at radius 1 is 1.19 bits per heavy atom. The maximum absolute atomic E-state index is 12.0. The third-order valence-corrected chi connectivity index (χ3v) is 3.82. The van der Waals surface area contributed by atoms with Crippen LogP contribution in [0.2, 0.25) is 0 Å². The highest BCUT2D eigenvalue weighted by Gasteiger charge is 2.27. The molecule has 0 unspecified atom stereocenters. The van der Waals surface area contributed by atoms with Crippen molar-refractivity contribution in [1.82, 2.24) is 5.32 Å². The molecule has 0 heterocycles. The van der Waals surface area contributed by atoms with Crippen LogP contribution in [0.5, 0.6) is 11.5 Å². The van der Waals surface area contributed by atoms with Crippen molar-refractivity contribution in [3.8, 4) is 11.5 Å². The lowest BCUT2D eigenvalue weighted by atomic mass is 10.0. The number of benzene rings is 1. The van der Waals surface area contributed by atoms with E-state index in [9.17, 15) is 24.9 Å². The molecule has 4 N–H and O–H groups in total. The second-order valence-corrected chi connectivity index (χ2v) is 5.41. The molecule has 0 saturated heterocycles. The molecule has 1 atom stereocenters. The van der Waals surface area contributed by atoms with Gasteiger partial charge >= 0.3 is 5.97 Å². The minimum absolute atomic E-state index is 0.0572. The average Bonchev–Trinajstić information content (AvgIpc) is 2.96. The van der Waals surface area contributed by atoms with Gasteiger partial charge in [-0.25, -0.2) is 4.79 Å². The summed E-state index contributed by atoms with van der Waals surface area (Å²) in [7, 11) is 0. The van der Waals surface area contributed by atoms with Crippen LogP contribution in [-0.2, 0) is 16.0 Å². The fraction of sp³-hybridized carbons (Fsp3) is 0.467. The SMILES string of the molecule is O=C(N[C@@H](Cc1ccc(O)c(O)c1)C(=O)O)C1CCCC1. The smallest absolute Gasteiger partial charge is 0.326 e. The van der Waals surface area contributed by atoms with Crippen LogP contribution in [0.25, 0.3) is 0 Å². The number of rotatable bonds is 5. The minimum Gasteiger partial charge on any atom is -0.504 e. The summed E-state index contributed by atoms with van der Waals surface area (Å²) in [5, 5.41) is 30.4. The van der Waals surface area contributed by atoms with Gasteiger partial charge in [-0.15, -0.1) is 0 Å². The standard InChI is InChI=1S/C15H19NO5/c17-12-6-5-9(8-13(12)18)7-11(15(20)21)16-14(19)10-3-1-2-4-10/h5-6,8,10-11,17-18H,1-4,7H2,(H,16,19)(H,20,21)/t11-/m0/s1. The zero-order valence-corrected chi connectivity index (χ0v) is 11.6. The molecule has 1 aliphatic rings. The molecule has 0 aliphatic heterocycles. The van der Waals surface area contributed by atoms with Crippen molar-refractivity contribution < 1.29 is 24.9 Å². The molecule has 0 bridgehead atoms. The molecule has 1 saturated carbocycles. The Hall–Kier alpha value is -2.24. The van der Waals surface area contributed by atoms with Gasteiger partial charge in [0.15, 0.2) is 11.5 Å². The van der Waals surface area contributed by atoms with Gasteiger partial charge in [0.2, 0.25) is 5.91 Å². The highest BCUT2D eigenvalue weighted by Crippen LogP contribution is 2.26. The van der Waals surface area contributed by atoms with Gasteiger partial charge in [-0.2, -0.15) is 0 Å². The fourth-order valence-electron chi connectivity index (χ4n) is 2.61. The molecule has 114 valence electrons. The molecule has 0 aromatic heterocycles. The Kier molecular flexibility index (Phi) is 4.67. The Morgan fingerprint density at radius 2 is 1.86 bits per heavy atom. The number of hydrogen-bond acceptors (Lipinski definition) is 4. The fourth-order valence-corrected chi connectivity index (χ4v) is 2.61. The molecule has 1 amide bonds. The third kappa shape index (κ3) is 3.87. The Balaban J connectivity index is 2.03. The first kappa shape index (κ1) is 15.2. The predicted octanol–water partition coefficient (Wildman–Crippen LogP) is 1.40. The molecule has 6 heteroatoms. The first-order valence-electron chi connectivity index (χ1n) is 7.01. The van der Waals surface area contributed by atoms with Crippen LogP contribution >= 0.6 is 0 Å². The summed E-state index contributed by atoms with van der Waals surface area (Å²) in [4.78, 5) is 23.3. The van der Waals surface area contributed by atoms with Crippen molar-refractivity contribution in [2.45, 2.75) is 38.1 Å². The summed E-state index contributed by atoms with van der Waals surface area (Å²) in [6, 6.07) is 3.07. The Morgan fingerprint density at radius 3 is 2.43 bits per heavy atom. The topological polar surface area (TPSA) is 107 Å². The van der Waals surface area contributed by atoms with Crippen LogP contribution < -0.4 is 5.32 Å². The van der Waals surface area contributed by atoms with Crippen LogP contribution in [0.4, 0.5) is 0 Å². The highest BCUT2D eigenvalue weighted by molar-refractivity contribution is 5.85. The minimum atomic E-state index is -1.12. The van der Waals surface area contributed by atoms with Gasteiger partial charge in [0.25, 0.3) is 0 Å². The van der Waals surface area contributed by atoms with Crippen LogP contribution in [0.3, 0.4) is 0 Å². The van der Waals surface area contributed by atoms with Crippen LogP contribution in [-0.4, -0.2) is 33.2 Å². The van der Waals surface area contributed by atoms with Gasteiger partial charge in [-0.3, -0.25) is 4.79 Å². The zero-order valence-electron chi connectivity index (χ0n) is 11.6. The molecule has 1 fully saturated rings. The van der Waals surface area contributed by atoms with Gasteiger partial charge in [-0.05, 0) is 30.5 Å². The molecule has 6 nitrogen and oxygen atoms in total. The number of carbonyl (C=O) groups excluding carboxylic acids is 1. The maximum Gasteiger partial charge on any atom is 0.326 e. The summed E-state index contributed by atoms with van der Waals surface area (Å²) >= 11 is 0. The number of phenolic OH excluding ortho intramolecular Hbond substituents is 2. The number of nitrogens with one attached hydrogen (secondary N) is 1. The van der Waals surface area contributed by atoms with Crippen molar-refractivity contribution in [2.75, 3.05) is 0 Å². The highest BCUT2D eigenvalue weighted by atomic mass is 16.4. The molecular formula is C15H19NO5. The summed E-state index contributed by atoms with van der Waals surface area (Å²) in [6.07, 6.45) is 3.67. The quantitative estimate of drug-likeness (QED) is 0.614. The monoisotopic (exact) mass is 293 g/mol. The summed E-state index contributed by atoms with van der Waals surface area (Å²) in [6.45, 7) is 0. The van der Waals surface area contributed by atoms with Gasteiger partial charge in [0, 0.05) is 12.3 Å². The largest absolute Gasteiger partial charge is 0.504 e. The van der Waals surface area contributed by atoms with E-state index in [2.05, 4.69) is 5.32 Å². The molecule has 21 heavy (non-hydrogen) atoms. The molecule has 1 aromatic carbocycles. The lowest BCUT2D eigenvalue weighted by Gasteiger charge is -2.17. The van der Waals surface area contributed by atoms with Crippen molar-refractivity contribution >= 4 is 11.9 Å². The van der Waals surface area contributed by atoms with E-state index in [1.54, 1.807) is 0 Å². The van der Waals surface area contributed by atoms with E-state index < -0.39 is 12.0 Å². The lowest BCUT2D eigenvalue weighted by Crippen LogP contribution is -2.44. The Labute approximate surface area is 122 Å². The average molecular weight is 293 g/mol. The van der Waals surface area contributed by atoms with Gasteiger partial charge in [0.1, 0.15) is 6.04 Å². The molecule has 2 rings (SSSR count). The maximum atomic E-state index is 12.0. The van der Waals surface area contributed by atoms with Crippen molar-refractivity contribution in [1.29, 1.82) is 0 Å². The van der Waals surface area contributed by atoms with Crippen molar-refractivity contribution in [3.63, 3.8) is 0 Å². The predicted molar refractivity (Wildman–Crippen MR) is 75.0 cm³/mol. The van der Waals surface area contributed by atoms with Crippen LogP contribution in [0.1, 0.15) is 31.2 Å². The first-order chi connectivity index (χ1) is 9.97. The van der Waals surface area contributed by atoms with Crippen molar-refractivity contribution in [2.24, 2.45) is 5.92 Å². The van der Waals surface area contributed by atoms with E-state index in [-0.39, 0.29) is 29.7 Å². The van der Waals surface area contributed by atoms with E-state index in [1.165, 1.54) is 18.2 Å².